The van der Waals surface area contributed by atoms with Crippen molar-refractivity contribution in [1.29, 1.82) is 0 Å². The van der Waals surface area contributed by atoms with E-state index in [2.05, 4.69) is 38.2 Å². The summed E-state index contributed by atoms with van der Waals surface area (Å²) in [6.45, 7) is 4.34. The Morgan fingerprint density at radius 1 is 0.882 bits per heavy atom. The summed E-state index contributed by atoms with van der Waals surface area (Å²) in [5.41, 5.74) is 5.65. The van der Waals surface area contributed by atoms with Gasteiger partial charge in [-0.15, -0.1) is 12.8 Å². The molecule has 0 fully saturated rings. The maximum absolute atomic E-state index is 3.40. The number of allylic oxidation sites excluding steroid dienone is 8. The average Bonchev–Trinajstić information content (AvgIpc) is 2.72. The standard InChI is InChI=1S/C14H16.2ClH.Zr/c1-11-3-5-13(9-11)7-8-14-6-4-12(2)10-14;;;/h9-10H,3-4,7-8H2,1-2H3;2*1H;/q-2;;;+4/p-2. The summed E-state index contributed by atoms with van der Waals surface area (Å²) in [4.78, 5) is 0. The van der Waals surface area contributed by atoms with Gasteiger partial charge >= 0.3 is 26.2 Å². The predicted octanol–water partition coefficient (Wildman–Crippen LogP) is -2.07. The number of hydrogen-bond acceptors (Lipinski definition) is 0. The van der Waals surface area contributed by atoms with Gasteiger partial charge in [0.15, 0.2) is 0 Å². The molecule has 0 spiro atoms. The van der Waals surface area contributed by atoms with Crippen molar-refractivity contribution in [2.45, 2.75) is 39.5 Å². The molecule has 0 heterocycles. The fourth-order valence-electron chi connectivity index (χ4n) is 1.90. The van der Waals surface area contributed by atoms with Gasteiger partial charge in [0.25, 0.3) is 0 Å². The van der Waals surface area contributed by atoms with Crippen LogP contribution in [0.1, 0.15) is 39.5 Å². The minimum atomic E-state index is 0. The molecule has 3 heteroatoms. The SMILES string of the molecule is CC1=CC(CCC2=[C-]CC(C)=C2)=[C-]C1.[Cl-].[Cl-].[Zr+4]. The molecule has 0 atom stereocenters. The van der Waals surface area contributed by atoms with Crippen LogP contribution in [-0.2, 0) is 26.2 Å². The summed E-state index contributed by atoms with van der Waals surface area (Å²) in [5.74, 6) is 0. The van der Waals surface area contributed by atoms with Crippen LogP contribution in [0.25, 0.3) is 0 Å². The third-order valence-corrected chi connectivity index (χ3v) is 2.69. The van der Waals surface area contributed by atoms with Crippen molar-refractivity contribution in [2.24, 2.45) is 0 Å². The van der Waals surface area contributed by atoms with E-state index in [1.54, 1.807) is 0 Å². The van der Waals surface area contributed by atoms with E-state index in [1.165, 1.54) is 22.3 Å². The predicted molar refractivity (Wildman–Crippen MR) is 59.5 cm³/mol. The van der Waals surface area contributed by atoms with Crippen LogP contribution in [0.5, 0.6) is 0 Å². The molecule has 0 N–H and O–H groups in total. The van der Waals surface area contributed by atoms with Gasteiger partial charge in [-0.1, -0.05) is 26.7 Å². The Morgan fingerprint density at radius 2 is 1.24 bits per heavy atom. The summed E-state index contributed by atoms with van der Waals surface area (Å²) in [6, 6.07) is 0. The second-order valence-electron chi connectivity index (χ2n) is 4.24. The van der Waals surface area contributed by atoms with E-state index in [1.807, 2.05) is 0 Å². The second kappa shape index (κ2) is 9.37. The Balaban J connectivity index is 0. The molecule has 2 aliphatic rings. The molecular formula is C14H16Cl2Zr. The Hall–Kier alpha value is 0.423. The van der Waals surface area contributed by atoms with Crippen LogP contribution in [0.3, 0.4) is 0 Å². The molecule has 2 rings (SSSR count). The molecule has 17 heavy (non-hydrogen) atoms. The maximum Gasteiger partial charge on any atom is 4.00 e. The van der Waals surface area contributed by atoms with Crippen LogP contribution in [0, 0.1) is 12.2 Å². The van der Waals surface area contributed by atoms with Gasteiger partial charge in [0.2, 0.25) is 0 Å². The molecule has 0 nitrogen and oxygen atoms in total. The quantitative estimate of drug-likeness (QED) is 0.515. The molecule has 90 valence electrons. The molecule has 0 bridgehead atoms. The van der Waals surface area contributed by atoms with Crippen molar-refractivity contribution in [3.8, 4) is 0 Å². The van der Waals surface area contributed by atoms with Gasteiger partial charge in [0.1, 0.15) is 0 Å². The Kier molecular flexibility index (Phi) is 10.9. The van der Waals surface area contributed by atoms with Gasteiger partial charge in [-0.05, 0) is 0 Å². The average molecular weight is 346 g/mol. The first kappa shape index (κ1) is 19.8. The van der Waals surface area contributed by atoms with Gasteiger partial charge < -0.3 is 24.8 Å². The van der Waals surface area contributed by atoms with E-state index >= 15 is 0 Å². The molecule has 0 unspecified atom stereocenters. The number of rotatable bonds is 3. The van der Waals surface area contributed by atoms with E-state index in [9.17, 15) is 0 Å². The van der Waals surface area contributed by atoms with Gasteiger partial charge in [-0.2, -0.15) is 11.1 Å². The molecule has 0 saturated heterocycles. The third-order valence-electron chi connectivity index (χ3n) is 2.69. The zero-order valence-electron chi connectivity index (χ0n) is 10.2. The van der Waals surface area contributed by atoms with Crippen molar-refractivity contribution in [3.63, 3.8) is 0 Å². The minimum Gasteiger partial charge on any atom is -1.00 e. The zero-order chi connectivity index (χ0) is 9.97. The first-order valence-corrected chi connectivity index (χ1v) is 5.28. The molecule has 0 radical (unpaired) electrons. The topological polar surface area (TPSA) is 0 Å². The van der Waals surface area contributed by atoms with Crippen molar-refractivity contribution in [2.75, 3.05) is 0 Å². The molecule has 0 saturated carbocycles. The van der Waals surface area contributed by atoms with Crippen molar-refractivity contribution in [3.05, 3.63) is 46.6 Å². The maximum atomic E-state index is 3.40. The van der Waals surface area contributed by atoms with Gasteiger partial charge in [-0.25, -0.2) is 23.3 Å². The van der Waals surface area contributed by atoms with E-state index in [4.69, 9.17) is 0 Å². The van der Waals surface area contributed by atoms with Crippen LogP contribution in [-0.4, -0.2) is 0 Å². The third kappa shape index (κ3) is 6.23. The van der Waals surface area contributed by atoms with E-state index in [-0.39, 0.29) is 51.0 Å². The van der Waals surface area contributed by atoms with E-state index in [0.717, 1.165) is 25.7 Å². The molecule has 0 aromatic carbocycles. The van der Waals surface area contributed by atoms with E-state index < -0.39 is 0 Å². The monoisotopic (exact) mass is 344 g/mol. The van der Waals surface area contributed by atoms with Crippen LogP contribution in [0.2, 0.25) is 0 Å². The van der Waals surface area contributed by atoms with Gasteiger partial charge in [0, 0.05) is 0 Å². The van der Waals surface area contributed by atoms with Crippen molar-refractivity contribution < 1.29 is 51.0 Å². The van der Waals surface area contributed by atoms with Gasteiger partial charge in [0.05, 0.1) is 0 Å². The minimum absolute atomic E-state index is 0. The number of hydrogen-bond donors (Lipinski definition) is 0. The first-order chi connectivity index (χ1) is 6.74. The largest absolute Gasteiger partial charge is 4.00 e. The van der Waals surface area contributed by atoms with Crippen LogP contribution in [0.15, 0.2) is 34.4 Å². The van der Waals surface area contributed by atoms with Crippen LogP contribution >= 0.6 is 0 Å². The first-order valence-electron chi connectivity index (χ1n) is 5.28. The van der Waals surface area contributed by atoms with Crippen molar-refractivity contribution in [1.82, 2.24) is 0 Å². The fourth-order valence-corrected chi connectivity index (χ4v) is 1.90. The normalized spacial score (nSPS) is 16.8. The smallest absolute Gasteiger partial charge is 1.00 e. The molecule has 2 aliphatic carbocycles. The van der Waals surface area contributed by atoms with Crippen LogP contribution < -0.4 is 24.8 Å². The summed E-state index contributed by atoms with van der Waals surface area (Å²) < 4.78 is 0. The van der Waals surface area contributed by atoms with E-state index in [0.29, 0.717) is 0 Å². The molecule has 0 aromatic rings. The molecule has 0 aromatic heterocycles. The second-order valence-corrected chi connectivity index (χ2v) is 4.24. The Morgan fingerprint density at radius 3 is 1.47 bits per heavy atom. The summed E-state index contributed by atoms with van der Waals surface area (Å²) in [5, 5.41) is 0. The summed E-state index contributed by atoms with van der Waals surface area (Å²) in [6.07, 6.45) is 15.7. The summed E-state index contributed by atoms with van der Waals surface area (Å²) >= 11 is 0. The number of halogens is 2. The fraction of sp³-hybridized carbons (Fsp3) is 0.429. The molecular weight excluding hydrogens is 330 g/mol. The van der Waals surface area contributed by atoms with Crippen LogP contribution in [0.4, 0.5) is 0 Å². The Labute approximate surface area is 136 Å². The summed E-state index contributed by atoms with van der Waals surface area (Å²) in [7, 11) is 0. The van der Waals surface area contributed by atoms with Gasteiger partial charge in [-0.3, -0.25) is 12.2 Å². The van der Waals surface area contributed by atoms with Crippen molar-refractivity contribution >= 4 is 0 Å². The Bertz CT molecular complexity index is 326. The zero-order valence-corrected chi connectivity index (χ0v) is 14.2. The molecule has 0 amide bonds. The molecule has 0 aliphatic heterocycles.